The van der Waals surface area contributed by atoms with Crippen molar-refractivity contribution in [3.05, 3.63) is 63.5 Å². The molecule has 1 aromatic heterocycles. The molecule has 1 aliphatic carbocycles. The van der Waals surface area contributed by atoms with Crippen molar-refractivity contribution in [3.63, 3.8) is 0 Å². The van der Waals surface area contributed by atoms with E-state index in [9.17, 15) is 14.9 Å². The standard InChI is InChI=1S/C24H26N4O3S/c1-2-31-24(30)21-18-10-6-7-11-20(18)32-23(21)26-22(29)16(14-25)12-17-13-19(28-27-17)15-8-4-3-5-9-15/h3-5,8-9,12,17,19,27-28H,2,6-7,10-11,13H2,1H3,(H,26,29)/b16-12+. The van der Waals surface area contributed by atoms with Crippen molar-refractivity contribution in [3.8, 4) is 6.07 Å². The van der Waals surface area contributed by atoms with Crippen molar-refractivity contribution >= 4 is 28.2 Å². The lowest BCUT2D eigenvalue weighted by molar-refractivity contribution is -0.112. The maximum atomic E-state index is 12.9. The van der Waals surface area contributed by atoms with Crippen molar-refractivity contribution < 1.29 is 14.3 Å². The van der Waals surface area contributed by atoms with Crippen LogP contribution in [0.2, 0.25) is 0 Å². The quantitative estimate of drug-likeness (QED) is 0.351. The molecular formula is C24H26N4O3S. The number of hydrogen-bond donors (Lipinski definition) is 3. The molecule has 8 heteroatoms. The summed E-state index contributed by atoms with van der Waals surface area (Å²) in [5.74, 6) is -0.932. The number of carbonyl (C=O) groups excluding carboxylic acids is 2. The minimum absolute atomic E-state index is 0.0131. The predicted molar refractivity (Wildman–Crippen MR) is 123 cm³/mol. The molecule has 2 heterocycles. The fraction of sp³-hybridized carbons (Fsp3) is 0.375. The molecular weight excluding hydrogens is 424 g/mol. The number of nitrogens with zero attached hydrogens (tertiary/aromatic N) is 1. The second-order valence-corrected chi connectivity index (χ2v) is 8.98. The van der Waals surface area contributed by atoms with Crippen molar-refractivity contribution in [2.24, 2.45) is 0 Å². The maximum absolute atomic E-state index is 12.9. The van der Waals surface area contributed by atoms with Crippen LogP contribution in [0.3, 0.4) is 0 Å². The summed E-state index contributed by atoms with van der Waals surface area (Å²) in [5, 5.41) is 12.9. The fourth-order valence-corrected chi connectivity index (χ4v) is 5.47. The molecule has 1 fully saturated rings. The zero-order valence-corrected chi connectivity index (χ0v) is 18.8. The highest BCUT2D eigenvalue weighted by Crippen LogP contribution is 2.38. The number of anilines is 1. The number of esters is 1. The van der Waals surface area contributed by atoms with Crippen LogP contribution < -0.4 is 16.2 Å². The van der Waals surface area contributed by atoms with Gasteiger partial charge in [0.05, 0.1) is 12.2 Å². The van der Waals surface area contributed by atoms with E-state index in [-0.39, 0.29) is 24.3 Å². The molecule has 0 radical (unpaired) electrons. The molecule has 1 saturated heterocycles. The Labute approximate surface area is 191 Å². The Kier molecular flexibility index (Phi) is 7.00. The van der Waals surface area contributed by atoms with E-state index in [0.717, 1.165) is 41.7 Å². The van der Waals surface area contributed by atoms with Crippen molar-refractivity contribution in [2.45, 2.75) is 51.1 Å². The monoisotopic (exact) mass is 450 g/mol. The Hall–Kier alpha value is -2.99. The van der Waals surface area contributed by atoms with Gasteiger partial charge >= 0.3 is 5.97 Å². The van der Waals surface area contributed by atoms with E-state index in [1.165, 1.54) is 11.3 Å². The fourth-order valence-electron chi connectivity index (χ4n) is 4.20. The van der Waals surface area contributed by atoms with E-state index in [1.54, 1.807) is 13.0 Å². The van der Waals surface area contributed by atoms with Crippen LogP contribution in [0.15, 0.2) is 42.0 Å². The largest absolute Gasteiger partial charge is 0.462 e. The number of aryl methyl sites for hydroxylation is 1. The summed E-state index contributed by atoms with van der Waals surface area (Å²) < 4.78 is 5.24. The first-order valence-electron chi connectivity index (χ1n) is 10.9. The molecule has 1 aliphatic heterocycles. The van der Waals surface area contributed by atoms with Gasteiger partial charge in [0.15, 0.2) is 0 Å². The van der Waals surface area contributed by atoms with E-state index in [1.807, 2.05) is 36.4 Å². The van der Waals surface area contributed by atoms with E-state index >= 15 is 0 Å². The van der Waals surface area contributed by atoms with Gasteiger partial charge < -0.3 is 10.1 Å². The second-order valence-electron chi connectivity index (χ2n) is 7.88. The molecule has 3 N–H and O–H groups in total. The summed E-state index contributed by atoms with van der Waals surface area (Å²) >= 11 is 1.42. The van der Waals surface area contributed by atoms with Gasteiger partial charge in [-0.15, -0.1) is 11.3 Å². The number of ether oxygens (including phenoxy) is 1. The Morgan fingerprint density at radius 1 is 1.25 bits per heavy atom. The number of carbonyl (C=O) groups is 2. The van der Waals surface area contributed by atoms with Crippen molar-refractivity contribution in [1.29, 1.82) is 5.26 Å². The molecule has 2 atom stereocenters. The molecule has 2 unspecified atom stereocenters. The Bertz CT molecular complexity index is 1070. The highest BCUT2D eigenvalue weighted by atomic mass is 32.1. The number of nitriles is 1. The summed E-state index contributed by atoms with van der Waals surface area (Å²) in [4.78, 5) is 26.7. The van der Waals surface area contributed by atoms with Gasteiger partial charge in [-0.2, -0.15) is 5.26 Å². The van der Waals surface area contributed by atoms with Crippen LogP contribution in [0.25, 0.3) is 0 Å². The summed E-state index contributed by atoms with van der Waals surface area (Å²) in [6.45, 7) is 2.03. The summed E-state index contributed by atoms with van der Waals surface area (Å²) in [5.41, 5.74) is 8.94. The zero-order chi connectivity index (χ0) is 22.5. The number of amides is 1. The number of nitrogens with one attached hydrogen (secondary N) is 3. The number of thiophene rings is 1. The average molecular weight is 451 g/mol. The Balaban J connectivity index is 1.51. The molecule has 1 aromatic carbocycles. The van der Waals surface area contributed by atoms with Gasteiger partial charge in [0.1, 0.15) is 16.6 Å². The SMILES string of the molecule is CCOC(=O)c1c(NC(=O)/C(C#N)=C/C2CC(c3ccccc3)NN2)sc2c1CCCC2. The van der Waals surface area contributed by atoms with Gasteiger partial charge in [0, 0.05) is 17.0 Å². The first-order chi connectivity index (χ1) is 15.6. The third kappa shape index (κ3) is 4.75. The number of hydrogen-bond acceptors (Lipinski definition) is 7. The van der Waals surface area contributed by atoms with Gasteiger partial charge in [0.2, 0.25) is 0 Å². The third-order valence-corrected chi connectivity index (χ3v) is 6.95. The topological polar surface area (TPSA) is 103 Å². The van der Waals surface area contributed by atoms with Crippen LogP contribution in [-0.2, 0) is 22.4 Å². The van der Waals surface area contributed by atoms with Gasteiger partial charge in [0.25, 0.3) is 5.91 Å². The smallest absolute Gasteiger partial charge is 0.341 e. The van der Waals surface area contributed by atoms with Crippen LogP contribution in [0.1, 0.15) is 58.6 Å². The van der Waals surface area contributed by atoms with E-state index in [2.05, 4.69) is 16.2 Å². The predicted octanol–water partition coefficient (Wildman–Crippen LogP) is 3.80. The summed E-state index contributed by atoms with van der Waals surface area (Å²) in [6, 6.07) is 12.0. The normalized spacial score (nSPS) is 20.3. The lowest BCUT2D eigenvalue weighted by Crippen LogP contribution is -2.30. The van der Waals surface area contributed by atoms with Crippen LogP contribution in [0.4, 0.5) is 5.00 Å². The number of fused-ring (bicyclic) bond motifs is 1. The molecule has 32 heavy (non-hydrogen) atoms. The van der Waals surface area contributed by atoms with Crippen LogP contribution >= 0.6 is 11.3 Å². The molecule has 7 nitrogen and oxygen atoms in total. The molecule has 0 spiro atoms. The molecule has 166 valence electrons. The van der Waals surface area contributed by atoms with Crippen LogP contribution in [0, 0.1) is 11.3 Å². The number of benzene rings is 1. The molecule has 1 amide bonds. The van der Waals surface area contributed by atoms with Crippen molar-refractivity contribution in [2.75, 3.05) is 11.9 Å². The lowest BCUT2D eigenvalue weighted by atomic mass is 9.95. The van der Waals surface area contributed by atoms with Crippen molar-refractivity contribution in [1.82, 2.24) is 10.9 Å². The van der Waals surface area contributed by atoms with Gasteiger partial charge in [-0.3, -0.25) is 10.2 Å². The molecule has 0 saturated carbocycles. The molecule has 2 aliphatic rings. The third-order valence-electron chi connectivity index (χ3n) is 5.75. The van der Waals surface area contributed by atoms with Crippen LogP contribution in [-0.4, -0.2) is 24.5 Å². The molecule has 4 rings (SSSR count). The van der Waals surface area contributed by atoms with E-state index in [4.69, 9.17) is 4.74 Å². The maximum Gasteiger partial charge on any atom is 0.341 e. The zero-order valence-electron chi connectivity index (χ0n) is 17.9. The Morgan fingerprint density at radius 2 is 2.03 bits per heavy atom. The minimum atomic E-state index is -0.512. The van der Waals surface area contributed by atoms with E-state index < -0.39 is 11.9 Å². The number of hydrazine groups is 1. The highest BCUT2D eigenvalue weighted by Gasteiger charge is 2.29. The lowest BCUT2D eigenvalue weighted by Gasteiger charge is -2.12. The van der Waals surface area contributed by atoms with Gasteiger partial charge in [-0.05, 0) is 56.2 Å². The van der Waals surface area contributed by atoms with Gasteiger partial charge in [-0.1, -0.05) is 30.3 Å². The average Bonchev–Trinajstić information content (AvgIpc) is 3.42. The molecule has 0 bridgehead atoms. The van der Waals surface area contributed by atoms with Gasteiger partial charge in [-0.25, -0.2) is 10.2 Å². The first-order valence-corrected chi connectivity index (χ1v) is 11.7. The first kappa shape index (κ1) is 22.2. The molecule has 2 aromatic rings. The Morgan fingerprint density at radius 3 is 2.78 bits per heavy atom. The summed E-state index contributed by atoms with van der Waals surface area (Å²) in [6.07, 6.45) is 6.12. The summed E-state index contributed by atoms with van der Waals surface area (Å²) in [7, 11) is 0. The number of rotatable bonds is 6. The van der Waals surface area contributed by atoms with E-state index in [0.29, 0.717) is 17.0 Å². The van der Waals surface area contributed by atoms with Crippen LogP contribution in [0.5, 0.6) is 0 Å². The second kappa shape index (κ2) is 10.1. The highest BCUT2D eigenvalue weighted by molar-refractivity contribution is 7.17. The minimum Gasteiger partial charge on any atom is -0.462 e.